The maximum atomic E-state index is 13.2. The van der Waals surface area contributed by atoms with E-state index in [2.05, 4.69) is 25.1 Å². The van der Waals surface area contributed by atoms with Gasteiger partial charge >= 0.3 is 0 Å². The van der Waals surface area contributed by atoms with Crippen molar-refractivity contribution in [2.75, 3.05) is 18.0 Å². The van der Waals surface area contributed by atoms with E-state index >= 15 is 0 Å². The number of anilines is 1. The van der Waals surface area contributed by atoms with E-state index in [1.165, 1.54) is 18.4 Å². The quantitative estimate of drug-likeness (QED) is 0.838. The number of para-hydroxylation sites is 1. The fourth-order valence-electron chi connectivity index (χ4n) is 4.75. The Morgan fingerprint density at radius 1 is 1.17 bits per heavy atom. The number of hydrogen-bond acceptors (Lipinski definition) is 2. The lowest BCUT2D eigenvalue weighted by atomic mass is 9.96. The molecule has 1 aromatic carbocycles. The zero-order chi connectivity index (χ0) is 16.7. The third-order valence-corrected chi connectivity index (χ3v) is 5.96. The number of rotatable bonds is 2. The number of amides is 2. The van der Waals surface area contributed by atoms with Gasteiger partial charge in [-0.2, -0.15) is 0 Å². The Kier molecular flexibility index (Phi) is 4.07. The van der Waals surface area contributed by atoms with E-state index in [9.17, 15) is 9.59 Å². The summed E-state index contributed by atoms with van der Waals surface area (Å²) < 4.78 is 0. The molecule has 1 aromatic rings. The first kappa shape index (κ1) is 15.7. The topological polar surface area (TPSA) is 40.6 Å². The summed E-state index contributed by atoms with van der Waals surface area (Å²) in [6.45, 7) is 3.49. The highest BCUT2D eigenvalue weighted by atomic mass is 16.2. The van der Waals surface area contributed by atoms with Crippen LogP contribution in [0, 0.1) is 12.8 Å². The third kappa shape index (κ3) is 2.62. The van der Waals surface area contributed by atoms with E-state index in [0.29, 0.717) is 19.0 Å². The first-order valence-corrected chi connectivity index (χ1v) is 9.34. The van der Waals surface area contributed by atoms with Crippen LogP contribution in [0.5, 0.6) is 0 Å². The summed E-state index contributed by atoms with van der Waals surface area (Å²) in [4.78, 5) is 29.6. The molecule has 24 heavy (non-hydrogen) atoms. The molecule has 4 heteroatoms. The van der Waals surface area contributed by atoms with Crippen LogP contribution in [0.25, 0.3) is 0 Å². The van der Waals surface area contributed by atoms with Crippen molar-refractivity contribution < 1.29 is 9.59 Å². The lowest BCUT2D eigenvalue weighted by Gasteiger charge is -2.33. The van der Waals surface area contributed by atoms with Gasteiger partial charge < -0.3 is 9.80 Å². The molecule has 1 saturated heterocycles. The standard InChI is InChI=1S/C20H26N2O2/c1-14-6-4-7-15-8-5-11-21(19(14)15)20(24)16-12-18(23)22(13-16)17-9-2-3-10-17/h4,6-7,16-17H,2-3,5,8-13H2,1H3. The second kappa shape index (κ2) is 6.23. The molecule has 1 aliphatic carbocycles. The summed E-state index contributed by atoms with van der Waals surface area (Å²) >= 11 is 0. The fraction of sp³-hybridized carbons (Fsp3) is 0.600. The van der Waals surface area contributed by atoms with Gasteiger partial charge in [-0.15, -0.1) is 0 Å². The highest BCUT2D eigenvalue weighted by molar-refractivity contribution is 6.00. The third-order valence-electron chi connectivity index (χ3n) is 5.96. The first-order chi connectivity index (χ1) is 11.6. The summed E-state index contributed by atoms with van der Waals surface area (Å²) in [5.74, 6) is 0.171. The Bertz CT molecular complexity index is 664. The predicted molar refractivity (Wildman–Crippen MR) is 93.9 cm³/mol. The van der Waals surface area contributed by atoms with E-state index in [1.807, 2.05) is 9.80 Å². The van der Waals surface area contributed by atoms with Crippen LogP contribution in [-0.2, 0) is 16.0 Å². The molecule has 0 bridgehead atoms. The van der Waals surface area contributed by atoms with Gasteiger partial charge in [0.05, 0.1) is 5.92 Å². The molecule has 3 aliphatic rings. The van der Waals surface area contributed by atoms with Crippen molar-refractivity contribution in [1.82, 2.24) is 4.90 Å². The van der Waals surface area contributed by atoms with Gasteiger partial charge in [0.15, 0.2) is 0 Å². The molecule has 0 radical (unpaired) electrons. The number of carbonyl (C=O) groups is 2. The van der Waals surface area contributed by atoms with Crippen LogP contribution < -0.4 is 4.90 Å². The summed E-state index contributed by atoms with van der Waals surface area (Å²) in [6.07, 6.45) is 7.09. The highest BCUT2D eigenvalue weighted by Gasteiger charge is 2.41. The molecule has 1 saturated carbocycles. The average molecular weight is 326 g/mol. The highest BCUT2D eigenvalue weighted by Crippen LogP contribution is 2.35. The second-order valence-corrected chi connectivity index (χ2v) is 7.56. The Morgan fingerprint density at radius 3 is 2.75 bits per heavy atom. The number of carbonyl (C=O) groups excluding carboxylic acids is 2. The van der Waals surface area contributed by atoms with Gasteiger partial charge in [0.1, 0.15) is 0 Å². The van der Waals surface area contributed by atoms with Crippen LogP contribution in [0.15, 0.2) is 18.2 Å². The molecule has 2 heterocycles. The number of likely N-dealkylation sites (tertiary alicyclic amines) is 1. The van der Waals surface area contributed by atoms with Gasteiger partial charge in [-0.25, -0.2) is 0 Å². The molecule has 0 aromatic heterocycles. The summed E-state index contributed by atoms with van der Waals surface area (Å²) in [5, 5.41) is 0. The van der Waals surface area contributed by atoms with Crippen LogP contribution in [0.3, 0.4) is 0 Å². The molecule has 2 fully saturated rings. The molecule has 4 rings (SSSR count). The zero-order valence-corrected chi connectivity index (χ0v) is 14.5. The molecule has 1 unspecified atom stereocenters. The van der Waals surface area contributed by atoms with Gasteiger partial charge in [-0.05, 0) is 43.7 Å². The largest absolute Gasteiger partial charge is 0.339 e. The molecule has 0 spiro atoms. The van der Waals surface area contributed by atoms with Crippen molar-refractivity contribution in [3.8, 4) is 0 Å². The lowest BCUT2D eigenvalue weighted by molar-refractivity contribution is -0.130. The van der Waals surface area contributed by atoms with Crippen molar-refractivity contribution >= 4 is 17.5 Å². The normalized spacial score (nSPS) is 24.5. The average Bonchev–Trinajstić information content (AvgIpc) is 3.23. The Labute approximate surface area is 143 Å². The minimum absolute atomic E-state index is 0.152. The maximum absolute atomic E-state index is 13.2. The van der Waals surface area contributed by atoms with Crippen LogP contribution in [-0.4, -0.2) is 35.8 Å². The van der Waals surface area contributed by atoms with Gasteiger partial charge in [-0.3, -0.25) is 9.59 Å². The number of nitrogens with zero attached hydrogens (tertiary/aromatic N) is 2. The number of hydrogen-bond donors (Lipinski definition) is 0. The molecule has 4 nitrogen and oxygen atoms in total. The lowest BCUT2D eigenvalue weighted by Crippen LogP contribution is -2.41. The minimum Gasteiger partial charge on any atom is -0.339 e. The Hall–Kier alpha value is -1.84. The molecule has 2 aliphatic heterocycles. The van der Waals surface area contributed by atoms with Crippen LogP contribution >= 0.6 is 0 Å². The van der Waals surface area contributed by atoms with Crippen LogP contribution in [0.4, 0.5) is 5.69 Å². The number of aryl methyl sites for hydroxylation is 2. The zero-order valence-electron chi connectivity index (χ0n) is 14.5. The van der Waals surface area contributed by atoms with Gasteiger partial charge in [0.25, 0.3) is 0 Å². The van der Waals surface area contributed by atoms with Gasteiger partial charge in [-0.1, -0.05) is 31.0 Å². The van der Waals surface area contributed by atoms with Crippen molar-refractivity contribution in [3.05, 3.63) is 29.3 Å². The second-order valence-electron chi connectivity index (χ2n) is 7.56. The van der Waals surface area contributed by atoms with E-state index in [1.54, 1.807) is 0 Å². The van der Waals surface area contributed by atoms with E-state index in [4.69, 9.17) is 0 Å². The van der Waals surface area contributed by atoms with Gasteiger partial charge in [0, 0.05) is 31.2 Å². The van der Waals surface area contributed by atoms with Gasteiger partial charge in [0.2, 0.25) is 11.8 Å². The molecule has 0 N–H and O–H groups in total. The monoisotopic (exact) mass is 326 g/mol. The number of benzene rings is 1. The first-order valence-electron chi connectivity index (χ1n) is 9.34. The van der Waals surface area contributed by atoms with Crippen molar-refractivity contribution in [3.63, 3.8) is 0 Å². The fourth-order valence-corrected chi connectivity index (χ4v) is 4.75. The van der Waals surface area contributed by atoms with Crippen molar-refractivity contribution in [2.24, 2.45) is 5.92 Å². The molecule has 128 valence electrons. The Morgan fingerprint density at radius 2 is 1.96 bits per heavy atom. The SMILES string of the molecule is Cc1cccc2c1N(C(=O)C1CC(=O)N(C3CCCC3)C1)CCC2. The predicted octanol–water partition coefficient (Wildman–Crippen LogP) is 3.07. The molecule has 1 atom stereocenters. The van der Waals surface area contributed by atoms with Crippen LogP contribution in [0.1, 0.15) is 49.7 Å². The van der Waals surface area contributed by atoms with E-state index in [0.717, 1.165) is 43.5 Å². The van der Waals surface area contributed by atoms with Crippen molar-refractivity contribution in [1.29, 1.82) is 0 Å². The summed E-state index contributed by atoms with van der Waals surface area (Å²) in [7, 11) is 0. The maximum Gasteiger partial charge on any atom is 0.232 e. The minimum atomic E-state index is -0.163. The molecule has 2 amide bonds. The van der Waals surface area contributed by atoms with Crippen molar-refractivity contribution in [2.45, 2.75) is 57.9 Å². The molecular weight excluding hydrogens is 300 g/mol. The smallest absolute Gasteiger partial charge is 0.232 e. The Balaban J connectivity index is 1.54. The summed E-state index contributed by atoms with van der Waals surface area (Å²) in [6, 6.07) is 6.66. The number of fused-ring (bicyclic) bond motifs is 1. The van der Waals surface area contributed by atoms with E-state index in [-0.39, 0.29) is 17.7 Å². The molecular formula is C20H26N2O2. The van der Waals surface area contributed by atoms with Crippen LogP contribution in [0.2, 0.25) is 0 Å². The summed E-state index contributed by atoms with van der Waals surface area (Å²) in [5.41, 5.74) is 3.53. The van der Waals surface area contributed by atoms with E-state index < -0.39 is 0 Å².